The number of carbonyl (C=O) groups is 1. The van der Waals surface area contributed by atoms with E-state index < -0.39 is 0 Å². The Morgan fingerprint density at radius 2 is 2.14 bits per heavy atom. The molecule has 2 rings (SSSR count). The lowest BCUT2D eigenvalue weighted by Gasteiger charge is -2.09. The molecule has 4 nitrogen and oxygen atoms in total. The molecule has 0 bridgehead atoms. The molecular weight excluding hydrogens is 262 g/mol. The van der Waals surface area contributed by atoms with E-state index in [2.05, 4.69) is 41.9 Å². The third kappa shape index (κ3) is 3.70. The first-order valence-corrected chi connectivity index (χ1v) is 7.66. The Labute approximate surface area is 126 Å². The van der Waals surface area contributed by atoms with E-state index in [0.29, 0.717) is 18.9 Å². The molecule has 0 spiro atoms. The molecule has 0 amide bonds. The fourth-order valence-electron chi connectivity index (χ4n) is 2.50. The highest BCUT2D eigenvalue weighted by molar-refractivity contribution is 5.78. The number of aromatic nitrogens is 2. The predicted octanol–water partition coefficient (Wildman–Crippen LogP) is 2.90. The molecule has 0 saturated heterocycles. The minimum Gasteiger partial charge on any atom is -0.328 e. The van der Waals surface area contributed by atoms with Crippen LogP contribution in [0, 0.1) is 0 Å². The maximum Gasteiger partial charge on any atom is 0.131 e. The van der Waals surface area contributed by atoms with Crippen LogP contribution in [0.3, 0.4) is 0 Å². The first kappa shape index (κ1) is 15.7. The first-order chi connectivity index (χ1) is 10.0. The van der Waals surface area contributed by atoms with Crippen molar-refractivity contribution in [3.8, 4) is 0 Å². The largest absolute Gasteiger partial charge is 0.328 e. The summed E-state index contributed by atoms with van der Waals surface area (Å²) in [7, 11) is 1.94. The van der Waals surface area contributed by atoms with Gasteiger partial charge in [-0.05, 0) is 37.6 Å². The van der Waals surface area contributed by atoms with E-state index in [-0.39, 0.29) is 5.78 Å². The van der Waals surface area contributed by atoms with Crippen molar-refractivity contribution in [2.24, 2.45) is 0 Å². The fraction of sp³-hybridized carbons (Fsp3) is 0.529. The number of fused-ring (bicyclic) bond motifs is 1. The molecule has 0 aliphatic rings. The van der Waals surface area contributed by atoms with Crippen molar-refractivity contribution < 1.29 is 4.79 Å². The number of nitrogens with zero attached hydrogens (tertiary/aromatic N) is 2. The van der Waals surface area contributed by atoms with Crippen molar-refractivity contribution >= 4 is 16.8 Å². The van der Waals surface area contributed by atoms with Gasteiger partial charge in [0, 0.05) is 25.9 Å². The molecule has 2 aromatic rings. The van der Waals surface area contributed by atoms with Crippen molar-refractivity contribution in [2.75, 3.05) is 13.6 Å². The zero-order chi connectivity index (χ0) is 15.4. The molecule has 4 heteroatoms. The van der Waals surface area contributed by atoms with Gasteiger partial charge in [0.2, 0.25) is 0 Å². The monoisotopic (exact) mass is 287 g/mol. The number of rotatable bonds is 7. The minimum absolute atomic E-state index is 0.218. The molecule has 0 atom stereocenters. The summed E-state index contributed by atoms with van der Waals surface area (Å²) < 4.78 is 2.19. The van der Waals surface area contributed by atoms with Gasteiger partial charge in [-0.15, -0.1) is 0 Å². The Morgan fingerprint density at radius 1 is 1.38 bits per heavy atom. The molecule has 1 aromatic heterocycles. The third-order valence-electron chi connectivity index (χ3n) is 3.80. The van der Waals surface area contributed by atoms with Crippen molar-refractivity contribution in [3.05, 3.63) is 29.6 Å². The number of imidazole rings is 1. The maximum atomic E-state index is 11.3. The number of Topliss-reactive ketones (excluding diaryl/α,β-unsaturated/α-hetero) is 1. The predicted molar refractivity (Wildman–Crippen MR) is 86.8 cm³/mol. The SMILES string of the molecule is CNCCc1nc2cc(C(C)C)ccc2n1CCC(C)=O. The highest BCUT2D eigenvalue weighted by Crippen LogP contribution is 2.23. The molecule has 21 heavy (non-hydrogen) atoms. The standard InChI is InChI=1S/C17H25N3O/c1-12(2)14-5-6-16-15(11-14)19-17(7-9-18-4)20(16)10-8-13(3)21/h5-6,11-12,18H,7-10H2,1-4H3. The van der Waals surface area contributed by atoms with Gasteiger partial charge in [-0.3, -0.25) is 4.79 Å². The summed E-state index contributed by atoms with van der Waals surface area (Å²) in [5.41, 5.74) is 3.47. The lowest BCUT2D eigenvalue weighted by atomic mass is 10.0. The topological polar surface area (TPSA) is 46.9 Å². The molecule has 0 saturated carbocycles. The number of hydrogen-bond donors (Lipinski definition) is 1. The molecule has 0 radical (unpaired) electrons. The van der Waals surface area contributed by atoms with Crippen LogP contribution in [0.15, 0.2) is 18.2 Å². The van der Waals surface area contributed by atoms with Gasteiger partial charge in [0.15, 0.2) is 0 Å². The highest BCUT2D eigenvalue weighted by atomic mass is 16.1. The van der Waals surface area contributed by atoms with Crippen LogP contribution in [0.1, 0.15) is 44.5 Å². The zero-order valence-electron chi connectivity index (χ0n) is 13.4. The second-order valence-electron chi connectivity index (χ2n) is 5.89. The van der Waals surface area contributed by atoms with Gasteiger partial charge >= 0.3 is 0 Å². The van der Waals surface area contributed by atoms with E-state index >= 15 is 0 Å². The smallest absolute Gasteiger partial charge is 0.131 e. The lowest BCUT2D eigenvalue weighted by Crippen LogP contribution is -2.15. The number of aryl methyl sites for hydroxylation is 1. The van der Waals surface area contributed by atoms with Gasteiger partial charge in [0.25, 0.3) is 0 Å². The van der Waals surface area contributed by atoms with Crippen molar-refractivity contribution in [1.29, 1.82) is 0 Å². The van der Waals surface area contributed by atoms with E-state index in [1.165, 1.54) is 5.56 Å². The third-order valence-corrected chi connectivity index (χ3v) is 3.80. The number of carbonyl (C=O) groups excluding carboxylic acids is 1. The maximum absolute atomic E-state index is 11.3. The molecule has 0 fully saturated rings. The highest BCUT2D eigenvalue weighted by Gasteiger charge is 2.12. The van der Waals surface area contributed by atoms with Gasteiger partial charge in [-0.25, -0.2) is 4.98 Å². The number of nitrogens with one attached hydrogen (secondary N) is 1. The number of benzene rings is 1. The van der Waals surface area contributed by atoms with Crippen LogP contribution in [0.4, 0.5) is 0 Å². The van der Waals surface area contributed by atoms with Gasteiger partial charge in [-0.2, -0.15) is 0 Å². The summed E-state index contributed by atoms with van der Waals surface area (Å²) in [4.78, 5) is 16.1. The number of hydrogen-bond acceptors (Lipinski definition) is 3. The van der Waals surface area contributed by atoms with Crippen molar-refractivity contribution in [2.45, 2.75) is 46.1 Å². The normalized spacial score (nSPS) is 11.5. The van der Waals surface area contributed by atoms with Crippen LogP contribution in [0.5, 0.6) is 0 Å². The van der Waals surface area contributed by atoms with Gasteiger partial charge < -0.3 is 9.88 Å². The average Bonchev–Trinajstić information content (AvgIpc) is 2.79. The molecule has 114 valence electrons. The van der Waals surface area contributed by atoms with E-state index in [1.807, 2.05) is 7.05 Å². The summed E-state index contributed by atoms with van der Waals surface area (Å²) in [6, 6.07) is 6.48. The summed E-state index contributed by atoms with van der Waals surface area (Å²) >= 11 is 0. The van der Waals surface area contributed by atoms with Gasteiger partial charge in [0.1, 0.15) is 11.6 Å². The van der Waals surface area contributed by atoms with Crippen LogP contribution in [0.25, 0.3) is 11.0 Å². The summed E-state index contributed by atoms with van der Waals surface area (Å²) in [6.45, 7) is 7.63. The second-order valence-corrected chi connectivity index (χ2v) is 5.89. The number of ketones is 1. The van der Waals surface area contributed by atoms with Crippen molar-refractivity contribution in [1.82, 2.24) is 14.9 Å². The molecule has 1 N–H and O–H groups in total. The summed E-state index contributed by atoms with van der Waals surface area (Å²) in [5, 5.41) is 3.16. The lowest BCUT2D eigenvalue weighted by molar-refractivity contribution is -0.117. The van der Waals surface area contributed by atoms with Crippen LogP contribution in [-0.2, 0) is 17.8 Å². The van der Waals surface area contributed by atoms with Crippen LogP contribution in [0.2, 0.25) is 0 Å². The Hall–Kier alpha value is -1.68. The second kappa shape index (κ2) is 6.85. The zero-order valence-corrected chi connectivity index (χ0v) is 13.4. The first-order valence-electron chi connectivity index (χ1n) is 7.66. The summed E-state index contributed by atoms with van der Waals surface area (Å²) in [5.74, 6) is 1.77. The molecule has 0 unspecified atom stereocenters. The number of likely N-dealkylation sites (N-methyl/N-ethyl adjacent to an activating group) is 1. The van der Waals surface area contributed by atoms with E-state index in [1.54, 1.807) is 6.92 Å². The van der Waals surface area contributed by atoms with Gasteiger partial charge in [-0.1, -0.05) is 19.9 Å². The molecule has 1 aromatic carbocycles. The molecular formula is C17H25N3O. The quantitative estimate of drug-likeness (QED) is 0.851. The molecule has 0 aliphatic carbocycles. The molecule has 1 heterocycles. The van der Waals surface area contributed by atoms with E-state index in [0.717, 1.165) is 29.8 Å². The van der Waals surface area contributed by atoms with Crippen LogP contribution >= 0.6 is 0 Å². The van der Waals surface area contributed by atoms with Crippen LogP contribution in [-0.4, -0.2) is 28.9 Å². The Balaban J connectivity index is 2.41. The fourth-order valence-corrected chi connectivity index (χ4v) is 2.50. The molecule has 0 aliphatic heterocycles. The van der Waals surface area contributed by atoms with E-state index in [4.69, 9.17) is 4.98 Å². The average molecular weight is 287 g/mol. The van der Waals surface area contributed by atoms with E-state index in [9.17, 15) is 4.79 Å². The minimum atomic E-state index is 0.218. The Morgan fingerprint density at radius 3 is 2.76 bits per heavy atom. The Kier molecular flexibility index (Phi) is 5.12. The van der Waals surface area contributed by atoms with Gasteiger partial charge in [0.05, 0.1) is 11.0 Å². The summed E-state index contributed by atoms with van der Waals surface area (Å²) in [6.07, 6.45) is 1.43. The van der Waals surface area contributed by atoms with Crippen molar-refractivity contribution in [3.63, 3.8) is 0 Å². The van der Waals surface area contributed by atoms with Crippen LogP contribution < -0.4 is 5.32 Å². The Bertz CT molecular complexity index is 628.